The SMILES string of the molecule is CN=C1OC(CO)CN1CC(F)(F)F. The molecule has 0 saturated carbocycles. The maximum absolute atomic E-state index is 12.0. The molecule has 1 N–H and O–H groups in total. The molecule has 0 aromatic carbocycles. The van der Waals surface area contributed by atoms with Gasteiger partial charge in [0.05, 0.1) is 13.2 Å². The number of hydrogen-bond donors (Lipinski definition) is 1. The van der Waals surface area contributed by atoms with Crippen LogP contribution < -0.4 is 0 Å². The maximum atomic E-state index is 12.0. The Morgan fingerprint density at radius 2 is 2.29 bits per heavy atom. The highest BCUT2D eigenvalue weighted by molar-refractivity contribution is 5.75. The Morgan fingerprint density at radius 3 is 2.71 bits per heavy atom. The van der Waals surface area contributed by atoms with Crippen molar-refractivity contribution in [1.82, 2.24) is 4.90 Å². The van der Waals surface area contributed by atoms with E-state index in [0.717, 1.165) is 4.90 Å². The Morgan fingerprint density at radius 1 is 1.64 bits per heavy atom. The van der Waals surface area contributed by atoms with Crippen LogP contribution in [0.25, 0.3) is 0 Å². The summed E-state index contributed by atoms with van der Waals surface area (Å²) in [5.74, 6) is 0. The van der Waals surface area contributed by atoms with Crippen molar-refractivity contribution < 1.29 is 23.0 Å². The summed E-state index contributed by atoms with van der Waals surface area (Å²) < 4.78 is 41.0. The van der Waals surface area contributed by atoms with Crippen molar-refractivity contribution in [2.75, 3.05) is 26.7 Å². The Kier molecular flexibility index (Phi) is 3.20. The van der Waals surface area contributed by atoms with E-state index in [1.54, 1.807) is 0 Å². The van der Waals surface area contributed by atoms with Crippen LogP contribution in [0.4, 0.5) is 13.2 Å². The van der Waals surface area contributed by atoms with Crippen LogP contribution in [-0.2, 0) is 4.74 Å². The summed E-state index contributed by atoms with van der Waals surface area (Å²) in [6.45, 7) is -1.40. The minimum atomic E-state index is -4.29. The topological polar surface area (TPSA) is 45.1 Å². The number of amidine groups is 1. The molecule has 0 spiro atoms. The Hall–Kier alpha value is -0.980. The smallest absolute Gasteiger partial charge is 0.406 e. The fourth-order valence-electron chi connectivity index (χ4n) is 1.22. The monoisotopic (exact) mass is 212 g/mol. The molecule has 1 rings (SSSR count). The molecule has 1 heterocycles. The van der Waals surface area contributed by atoms with E-state index in [1.807, 2.05) is 0 Å². The summed E-state index contributed by atoms with van der Waals surface area (Å²) in [6, 6.07) is -0.0682. The fourth-order valence-corrected chi connectivity index (χ4v) is 1.22. The van der Waals surface area contributed by atoms with Crippen LogP contribution in [0.5, 0.6) is 0 Å². The van der Waals surface area contributed by atoms with Crippen molar-refractivity contribution >= 4 is 6.02 Å². The Balaban J connectivity index is 2.60. The number of rotatable bonds is 2. The van der Waals surface area contributed by atoms with Gasteiger partial charge in [0.25, 0.3) is 6.02 Å². The zero-order valence-electron chi connectivity index (χ0n) is 7.58. The highest BCUT2D eigenvalue weighted by Gasteiger charge is 2.37. The molecule has 0 aliphatic carbocycles. The zero-order valence-corrected chi connectivity index (χ0v) is 7.58. The lowest BCUT2D eigenvalue weighted by Gasteiger charge is -2.17. The third kappa shape index (κ3) is 2.76. The lowest BCUT2D eigenvalue weighted by atomic mass is 10.4. The van der Waals surface area contributed by atoms with Gasteiger partial charge in [-0.3, -0.25) is 0 Å². The van der Waals surface area contributed by atoms with Crippen LogP contribution in [0.3, 0.4) is 0 Å². The quantitative estimate of drug-likeness (QED) is 0.712. The molecule has 7 heteroatoms. The summed E-state index contributed by atoms with van der Waals surface area (Å²) in [4.78, 5) is 4.52. The standard InChI is InChI=1S/C7H11F3N2O2/c1-11-6-12(4-7(8,9)10)2-5(3-13)14-6/h5,13H,2-4H2,1H3. The second-order valence-corrected chi connectivity index (χ2v) is 2.92. The summed E-state index contributed by atoms with van der Waals surface area (Å²) in [7, 11) is 1.35. The molecule has 14 heavy (non-hydrogen) atoms. The van der Waals surface area contributed by atoms with Crippen molar-refractivity contribution in [2.45, 2.75) is 12.3 Å². The number of ether oxygens (including phenoxy) is 1. The zero-order chi connectivity index (χ0) is 10.8. The highest BCUT2D eigenvalue weighted by atomic mass is 19.4. The molecule has 0 radical (unpaired) electrons. The molecule has 1 fully saturated rings. The van der Waals surface area contributed by atoms with Gasteiger partial charge in [-0.05, 0) is 0 Å². The lowest BCUT2D eigenvalue weighted by Crippen LogP contribution is -2.36. The molecular weight excluding hydrogens is 201 g/mol. The molecular formula is C7H11F3N2O2. The van der Waals surface area contributed by atoms with Gasteiger partial charge >= 0.3 is 6.18 Å². The summed E-state index contributed by atoms with van der Waals surface area (Å²) >= 11 is 0. The van der Waals surface area contributed by atoms with Gasteiger partial charge in [-0.25, -0.2) is 4.99 Å². The third-order valence-electron chi connectivity index (χ3n) is 1.73. The number of halogens is 3. The average Bonchev–Trinajstić information content (AvgIpc) is 2.44. The van der Waals surface area contributed by atoms with Gasteiger partial charge in [-0.2, -0.15) is 13.2 Å². The van der Waals surface area contributed by atoms with Gasteiger partial charge < -0.3 is 14.7 Å². The van der Waals surface area contributed by atoms with Gasteiger partial charge in [0.2, 0.25) is 0 Å². The van der Waals surface area contributed by atoms with Crippen molar-refractivity contribution in [3.8, 4) is 0 Å². The molecule has 1 unspecified atom stereocenters. The fraction of sp³-hybridized carbons (Fsp3) is 0.857. The number of alkyl halides is 3. The van der Waals surface area contributed by atoms with E-state index in [9.17, 15) is 13.2 Å². The highest BCUT2D eigenvalue weighted by Crippen LogP contribution is 2.20. The first-order valence-electron chi connectivity index (χ1n) is 4.02. The Labute approximate surface area is 79.0 Å². The second-order valence-electron chi connectivity index (χ2n) is 2.92. The number of aliphatic hydroxyl groups excluding tert-OH is 1. The van der Waals surface area contributed by atoms with Crippen LogP contribution in [-0.4, -0.2) is 55.1 Å². The normalized spacial score (nSPS) is 25.6. The minimum Gasteiger partial charge on any atom is -0.457 e. The maximum Gasteiger partial charge on any atom is 0.406 e. The van der Waals surface area contributed by atoms with Crippen molar-refractivity contribution in [2.24, 2.45) is 4.99 Å². The molecule has 1 aliphatic rings. The first kappa shape index (κ1) is 11.1. The number of nitrogens with zero attached hydrogens (tertiary/aromatic N) is 2. The number of hydrogen-bond acceptors (Lipinski definition) is 3. The first-order chi connectivity index (χ1) is 6.46. The van der Waals surface area contributed by atoms with Crippen LogP contribution in [0.2, 0.25) is 0 Å². The molecule has 0 aromatic rings. The van der Waals surface area contributed by atoms with Crippen LogP contribution >= 0.6 is 0 Å². The van der Waals surface area contributed by atoms with Gasteiger partial charge in [0.1, 0.15) is 12.6 Å². The minimum absolute atomic E-state index is 0.0166. The molecule has 1 saturated heterocycles. The largest absolute Gasteiger partial charge is 0.457 e. The molecule has 1 atom stereocenters. The van der Waals surface area contributed by atoms with E-state index in [0.29, 0.717) is 0 Å². The molecule has 4 nitrogen and oxygen atoms in total. The molecule has 82 valence electrons. The lowest BCUT2D eigenvalue weighted by molar-refractivity contribution is -0.137. The summed E-state index contributed by atoms with van der Waals surface area (Å²) in [5, 5.41) is 8.71. The van der Waals surface area contributed by atoms with Gasteiger partial charge in [-0.15, -0.1) is 0 Å². The second kappa shape index (κ2) is 4.04. The van der Waals surface area contributed by atoms with Crippen molar-refractivity contribution in [3.63, 3.8) is 0 Å². The van der Waals surface area contributed by atoms with Crippen molar-refractivity contribution in [3.05, 3.63) is 0 Å². The van der Waals surface area contributed by atoms with E-state index in [2.05, 4.69) is 4.99 Å². The summed E-state index contributed by atoms with van der Waals surface area (Å²) in [6.07, 6.45) is -4.90. The Bertz CT molecular complexity index is 229. The van der Waals surface area contributed by atoms with E-state index in [4.69, 9.17) is 9.84 Å². The van der Waals surface area contributed by atoms with Gasteiger partial charge in [-0.1, -0.05) is 0 Å². The predicted octanol–water partition coefficient (Wildman–Crippen LogP) is 0.228. The average molecular weight is 212 g/mol. The molecule has 1 aliphatic heterocycles. The first-order valence-corrected chi connectivity index (χ1v) is 4.02. The molecule has 0 amide bonds. The van der Waals surface area contributed by atoms with Crippen LogP contribution in [0, 0.1) is 0 Å². The van der Waals surface area contributed by atoms with E-state index < -0.39 is 18.8 Å². The van der Waals surface area contributed by atoms with Gasteiger partial charge in [0, 0.05) is 7.05 Å². The summed E-state index contributed by atoms with van der Waals surface area (Å²) in [5.41, 5.74) is 0. The predicted molar refractivity (Wildman–Crippen MR) is 42.9 cm³/mol. The van der Waals surface area contributed by atoms with Crippen LogP contribution in [0.15, 0.2) is 4.99 Å². The van der Waals surface area contributed by atoms with E-state index >= 15 is 0 Å². The number of aliphatic hydroxyl groups is 1. The van der Waals surface area contributed by atoms with Gasteiger partial charge in [0.15, 0.2) is 0 Å². The van der Waals surface area contributed by atoms with E-state index in [-0.39, 0.29) is 19.2 Å². The third-order valence-corrected chi connectivity index (χ3v) is 1.73. The van der Waals surface area contributed by atoms with Crippen LogP contribution in [0.1, 0.15) is 0 Å². The molecule has 0 aromatic heterocycles. The van der Waals surface area contributed by atoms with Crippen molar-refractivity contribution in [1.29, 1.82) is 0 Å². The number of aliphatic imine (C=N–C) groups is 1. The van der Waals surface area contributed by atoms with E-state index in [1.165, 1.54) is 7.05 Å². The molecule has 0 bridgehead atoms.